The Bertz CT molecular complexity index is 685. The molecule has 0 aromatic heterocycles. The Kier molecular flexibility index (Phi) is 7.64. The van der Waals surface area contributed by atoms with Crippen LogP contribution in [-0.4, -0.2) is 22.5 Å². The molecule has 2 aromatic rings. The quantitative estimate of drug-likeness (QED) is 0.383. The third kappa shape index (κ3) is 5.58. The van der Waals surface area contributed by atoms with Crippen molar-refractivity contribution < 1.29 is 28.5 Å². The van der Waals surface area contributed by atoms with E-state index in [2.05, 4.69) is 6.58 Å². The summed E-state index contributed by atoms with van der Waals surface area (Å²) < 4.78 is 21.0. The van der Waals surface area contributed by atoms with E-state index >= 15 is 0 Å². The van der Waals surface area contributed by atoms with Crippen LogP contribution in [0.4, 0.5) is 4.39 Å². The first kappa shape index (κ1) is 18.3. The molecule has 24 heavy (non-hydrogen) atoms. The van der Waals surface area contributed by atoms with Gasteiger partial charge in [0.1, 0.15) is 0 Å². The molecule has 0 amide bonds. The molecule has 0 aliphatic carbocycles. The number of para-hydroxylation sites is 1. The SMILES string of the molecule is C=C(/C(=C\[CH]=[W])Oc1ccccc1)N(CC[18F])Cc1ccccc1. The number of hydrogen-bond donors (Lipinski definition) is 0. The Morgan fingerprint density at radius 1 is 1.08 bits per heavy atom. The molecule has 0 spiro atoms. The fraction of sp³-hybridized carbons (Fsp3) is 0.150. The number of allylic oxidation sites excluding steroid dienone is 1. The van der Waals surface area contributed by atoms with Gasteiger partial charge in [-0.15, -0.1) is 0 Å². The van der Waals surface area contributed by atoms with Gasteiger partial charge in [-0.25, -0.2) is 0 Å². The van der Waals surface area contributed by atoms with Crippen LogP contribution < -0.4 is 4.74 Å². The van der Waals surface area contributed by atoms with Crippen LogP contribution in [0.25, 0.3) is 0 Å². The third-order valence-electron chi connectivity index (χ3n) is 3.43. The van der Waals surface area contributed by atoms with E-state index in [4.69, 9.17) is 4.74 Å². The summed E-state index contributed by atoms with van der Waals surface area (Å²) in [7, 11) is 0. The number of rotatable bonds is 9. The fourth-order valence-electron chi connectivity index (χ4n) is 2.24. The molecule has 0 aliphatic heterocycles. The molecule has 0 unspecified atom stereocenters. The summed E-state index contributed by atoms with van der Waals surface area (Å²) >= 11 is 1.31. The van der Waals surface area contributed by atoms with Gasteiger partial charge in [0.05, 0.1) is 0 Å². The molecule has 0 fully saturated rings. The van der Waals surface area contributed by atoms with Crippen LogP contribution >= 0.6 is 0 Å². The Morgan fingerprint density at radius 3 is 2.29 bits per heavy atom. The molecule has 2 nitrogen and oxygen atoms in total. The van der Waals surface area contributed by atoms with Crippen LogP contribution in [0.5, 0.6) is 5.75 Å². The average molecular weight is 492 g/mol. The summed E-state index contributed by atoms with van der Waals surface area (Å²) in [5, 5.41) is 0. The number of halogens is 1. The predicted octanol–water partition coefficient (Wildman–Crippen LogP) is 4.28. The molecule has 0 atom stereocenters. The standard InChI is InChI=1S/C20H20FNO.W/c1-3-20(23-19-12-8-5-9-13-19)17(2)22(15-14-21)16-18-10-6-4-7-11-18;/h1,3-13H,2,14-16H2;/b20-3+;/i21-1;. The topological polar surface area (TPSA) is 12.5 Å². The van der Waals surface area contributed by atoms with E-state index in [0.29, 0.717) is 18.0 Å². The number of nitrogens with zero attached hydrogens (tertiary/aromatic N) is 1. The van der Waals surface area contributed by atoms with Crippen LogP contribution in [0.1, 0.15) is 5.56 Å². The van der Waals surface area contributed by atoms with E-state index in [0.717, 1.165) is 11.3 Å². The number of ether oxygens (including phenoxy) is 1. The van der Waals surface area contributed by atoms with Gasteiger partial charge in [-0.2, -0.15) is 0 Å². The summed E-state index contributed by atoms with van der Waals surface area (Å²) in [6.45, 7) is 4.57. The van der Waals surface area contributed by atoms with E-state index in [1.54, 1.807) is 0 Å². The molecular weight excluding hydrogens is 472 g/mol. The minimum absolute atomic E-state index is 0.278. The van der Waals surface area contributed by atoms with Crippen LogP contribution in [0, 0.1) is 0 Å². The molecular formula is C20H20FNOW. The van der Waals surface area contributed by atoms with Crippen LogP contribution in [0.2, 0.25) is 0 Å². The maximum atomic E-state index is 13.0. The van der Waals surface area contributed by atoms with Crippen molar-refractivity contribution >= 4 is 4.40 Å². The Labute approximate surface area is 153 Å². The van der Waals surface area contributed by atoms with Gasteiger partial charge in [0, 0.05) is 0 Å². The van der Waals surface area contributed by atoms with Gasteiger partial charge in [0.2, 0.25) is 0 Å². The number of alkyl halides is 1. The van der Waals surface area contributed by atoms with E-state index in [1.165, 1.54) is 19.4 Å². The number of hydrogen-bond acceptors (Lipinski definition) is 2. The first-order valence-corrected chi connectivity index (χ1v) is 9.36. The molecule has 124 valence electrons. The molecule has 0 saturated carbocycles. The predicted molar refractivity (Wildman–Crippen MR) is 93.2 cm³/mol. The van der Waals surface area contributed by atoms with Crippen LogP contribution in [-0.2, 0) is 25.9 Å². The monoisotopic (exact) mass is 492 g/mol. The van der Waals surface area contributed by atoms with Gasteiger partial charge in [-0.05, 0) is 0 Å². The summed E-state index contributed by atoms with van der Waals surface area (Å²) in [5.41, 5.74) is 1.79. The Morgan fingerprint density at radius 2 is 1.71 bits per heavy atom. The average Bonchev–Trinajstić information content (AvgIpc) is 2.62. The van der Waals surface area contributed by atoms with Crippen molar-refractivity contribution in [2.45, 2.75) is 6.54 Å². The summed E-state index contributed by atoms with van der Waals surface area (Å²) in [5.74, 6) is 1.38. The van der Waals surface area contributed by atoms with E-state index in [-0.39, 0.29) is 6.54 Å². The molecule has 0 radical (unpaired) electrons. The van der Waals surface area contributed by atoms with Gasteiger partial charge in [-0.1, -0.05) is 0 Å². The van der Waals surface area contributed by atoms with Crippen LogP contribution in [0.3, 0.4) is 0 Å². The van der Waals surface area contributed by atoms with Gasteiger partial charge < -0.3 is 0 Å². The maximum absolute atomic E-state index is 13.0. The molecule has 2 aromatic carbocycles. The zero-order valence-corrected chi connectivity index (χ0v) is 16.3. The van der Waals surface area contributed by atoms with Crippen molar-refractivity contribution in [2.75, 3.05) is 13.2 Å². The van der Waals surface area contributed by atoms with Gasteiger partial charge in [0.25, 0.3) is 0 Å². The third-order valence-corrected chi connectivity index (χ3v) is 3.92. The molecule has 0 heterocycles. The zero-order chi connectivity index (χ0) is 17.2. The first-order valence-electron chi connectivity index (χ1n) is 7.67. The van der Waals surface area contributed by atoms with Crippen molar-refractivity contribution in [1.82, 2.24) is 4.90 Å². The summed E-state index contributed by atoms with van der Waals surface area (Å²) in [6, 6.07) is 19.5. The van der Waals surface area contributed by atoms with Crippen molar-refractivity contribution in [3.05, 3.63) is 90.3 Å². The Hall–Kier alpha value is -1.99. The van der Waals surface area contributed by atoms with Crippen molar-refractivity contribution in [3.8, 4) is 5.75 Å². The summed E-state index contributed by atoms with van der Waals surface area (Å²) in [4.78, 5) is 1.91. The molecule has 0 saturated heterocycles. The van der Waals surface area contributed by atoms with Crippen molar-refractivity contribution in [1.29, 1.82) is 0 Å². The second-order valence-electron chi connectivity index (χ2n) is 5.12. The second-order valence-corrected chi connectivity index (χ2v) is 6.10. The molecule has 4 heteroatoms. The van der Waals surface area contributed by atoms with Gasteiger partial charge in [0.15, 0.2) is 0 Å². The van der Waals surface area contributed by atoms with E-state index < -0.39 is 6.67 Å². The zero-order valence-electron chi connectivity index (χ0n) is 13.4. The first-order chi connectivity index (χ1) is 11.7. The fourth-order valence-corrected chi connectivity index (χ4v) is 2.68. The van der Waals surface area contributed by atoms with Gasteiger partial charge in [-0.3, -0.25) is 0 Å². The number of benzene rings is 2. The van der Waals surface area contributed by atoms with Crippen LogP contribution in [0.15, 0.2) is 84.8 Å². The van der Waals surface area contributed by atoms with Crippen molar-refractivity contribution in [3.63, 3.8) is 0 Å². The molecule has 0 N–H and O–H groups in total. The van der Waals surface area contributed by atoms with E-state index in [9.17, 15) is 4.39 Å². The van der Waals surface area contributed by atoms with Gasteiger partial charge >= 0.3 is 154 Å². The molecule has 0 aliphatic rings. The normalized spacial score (nSPS) is 11.0. The second kappa shape index (κ2) is 9.99. The Balaban J connectivity index is 2.18. The molecule has 2 rings (SSSR count). The van der Waals surface area contributed by atoms with Crippen molar-refractivity contribution in [2.24, 2.45) is 0 Å². The summed E-state index contributed by atoms with van der Waals surface area (Å²) in [6.07, 6.45) is 1.89. The molecule has 0 bridgehead atoms. The minimum atomic E-state index is -0.439. The van der Waals surface area contributed by atoms with E-state index in [1.807, 2.05) is 76.0 Å².